The van der Waals surface area contributed by atoms with Gasteiger partial charge in [-0.25, -0.2) is 0 Å². The van der Waals surface area contributed by atoms with Crippen LogP contribution in [0.1, 0.15) is 0 Å². The van der Waals surface area contributed by atoms with E-state index in [1.807, 2.05) is 48.5 Å². The molecule has 0 aromatic heterocycles. The van der Waals surface area contributed by atoms with E-state index < -0.39 is 6.10 Å². The fourth-order valence-corrected chi connectivity index (χ4v) is 1.94. The third-order valence-electron chi connectivity index (χ3n) is 2.98. The van der Waals surface area contributed by atoms with Crippen molar-refractivity contribution in [3.63, 3.8) is 0 Å². The van der Waals surface area contributed by atoms with E-state index in [2.05, 4.69) is 5.92 Å². The molecular formula is C18H19ClO3S. The zero-order valence-corrected chi connectivity index (χ0v) is 14.3. The molecule has 0 aliphatic rings. The van der Waals surface area contributed by atoms with Gasteiger partial charge in [0.25, 0.3) is 0 Å². The average molecular weight is 351 g/mol. The Morgan fingerprint density at radius 1 is 0.957 bits per heavy atom. The molecule has 0 fully saturated rings. The van der Waals surface area contributed by atoms with Gasteiger partial charge >= 0.3 is 0 Å². The molecule has 0 aliphatic heterocycles. The standard InChI is InChI=1S/C18H17ClO3.H2S/c1-2-11-21-17-7-3-14(4-8-17)15-5-9-18(10-6-15)22-13-16(20)12-19;/h1,3-10,16,20H,11-13H2;1H2. The molecule has 23 heavy (non-hydrogen) atoms. The molecule has 2 aromatic carbocycles. The smallest absolute Gasteiger partial charge is 0.148 e. The monoisotopic (exact) mass is 350 g/mol. The van der Waals surface area contributed by atoms with Gasteiger partial charge in [0, 0.05) is 0 Å². The van der Waals surface area contributed by atoms with Gasteiger partial charge in [-0.1, -0.05) is 30.2 Å². The van der Waals surface area contributed by atoms with Crippen molar-refractivity contribution < 1.29 is 14.6 Å². The number of terminal acetylenes is 1. The third kappa shape index (κ3) is 6.07. The highest BCUT2D eigenvalue weighted by Crippen LogP contribution is 2.24. The van der Waals surface area contributed by atoms with Crippen LogP contribution in [0.4, 0.5) is 0 Å². The summed E-state index contributed by atoms with van der Waals surface area (Å²) in [5, 5.41) is 9.36. The molecule has 0 radical (unpaired) electrons. The van der Waals surface area contributed by atoms with Crippen LogP contribution in [-0.4, -0.2) is 30.3 Å². The van der Waals surface area contributed by atoms with Crippen LogP contribution in [0, 0.1) is 12.3 Å². The Hall–Kier alpha value is -1.80. The van der Waals surface area contributed by atoms with E-state index in [-0.39, 0.29) is 32.6 Å². The van der Waals surface area contributed by atoms with Crippen LogP contribution in [0.3, 0.4) is 0 Å². The van der Waals surface area contributed by atoms with Crippen molar-refractivity contribution in [3.8, 4) is 35.0 Å². The lowest BCUT2D eigenvalue weighted by Crippen LogP contribution is -2.18. The molecule has 0 amide bonds. The van der Waals surface area contributed by atoms with E-state index in [0.29, 0.717) is 5.75 Å². The Morgan fingerprint density at radius 2 is 1.43 bits per heavy atom. The minimum Gasteiger partial charge on any atom is -0.491 e. The number of rotatable bonds is 7. The maximum atomic E-state index is 9.36. The maximum absolute atomic E-state index is 9.36. The first-order valence-corrected chi connectivity index (χ1v) is 7.40. The van der Waals surface area contributed by atoms with E-state index in [1.165, 1.54) is 0 Å². The molecule has 5 heteroatoms. The Kier molecular flexibility index (Phi) is 8.42. The summed E-state index contributed by atoms with van der Waals surface area (Å²) in [7, 11) is 0. The number of halogens is 1. The molecule has 1 N–H and O–H groups in total. The lowest BCUT2D eigenvalue weighted by Gasteiger charge is -2.10. The molecule has 0 heterocycles. The van der Waals surface area contributed by atoms with Crippen molar-refractivity contribution in [3.05, 3.63) is 48.5 Å². The summed E-state index contributed by atoms with van der Waals surface area (Å²) in [6.07, 6.45) is 4.50. The third-order valence-corrected chi connectivity index (χ3v) is 3.34. The molecule has 2 rings (SSSR count). The van der Waals surface area contributed by atoms with Gasteiger partial charge in [0.05, 0.1) is 5.88 Å². The molecule has 0 aliphatic carbocycles. The van der Waals surface area contributed by atoms with E-state index in [4.69, 9.17) is 27.5 Å². The zero-order valence-electron chi connectivity index (χ0n) is 12.5. The zero-order chi connectivity index (χ0) is 15.8. The second kappa shape index (κ2) is 10.1. The van der Waals surface area contributed by atoms with Crippen molar-refractivity contribution >= 4 is 25.1 Å². The minimum atomic E-state index is -0.656. The molecule has 1 atom stereocenters. The van der Waals surface area contributed by atoms with E-state index >= 15 is 0 Å². The number of hydrogen-bond donors (Lipinski definition) is 1. The first kappa shape index (κ1) is 19.2. The molecule has 1 unspecified atom stereocenters. The van der Waals surface area contributed by atoms with Gasteiger partial charge in [-0.2, -0.15) is 13.5 Å². The van der Waals surface area contributed by atoms with Crippen molar-refractivity contribution in [2.75, 3.05) is 19.1 Å². The average Bonchev–Trinajstić information content (AvgIpc) is 2.58. The quantitative estimate of drug-likeness (QED) is 0.614. The summed E-state index contributed by atoms with van der Waals surface area (Å²) in [4.78, 5) is 0. The molecule has 0 saturated heterocycles. The second-order valence-corrected chi connectivity index (χ2v) is 4.97. The number of ether oxygens (including phenoxy) is 2. The number of aliphatic hydroxyl groups excluding tert-OH is 1. The fraction of sp³-hybridized carbons (Fsp3) is 0.222. The van der Waals surface area contributed by atoms with Crippen LogP contribution in [0.2, 0.25) is 0 Å². The summed E-state index contributed by atoms with van der Waals surface area (Å²) >= 11 is 5.52. The van der Waals surface area contributed by atoms with Gasteiger partial charge in [-0.3, -0.25) is 0 Å². The topological polar surface area (TPSA) is 38.7 Å². The molecule has 122 valence electrons. The maximum Gasteiger partial charge on any atom is 0.148 e. The number of benzene rings is 2. The van der Waals surface area contributed by atoms with Crippen LogP contribution in [0.25, 0.3) is 11.1 Å². The Morgan fingerprint density at radius 3 is 1.87 bits per heavy atom. The lowest BCUT2D eigenvalue weighted by molar-refractivity contribution is 0.125. The summed E-state index contributed by atoms with van der Waals surface area (Å²) < 4.78 is 10.8. The predicted octanol–water partition coefficient (Wildman–Crippen LogP) is 3.46. The van der Waals surface area contributed by atoms with E-state index in [1.54, 1.807) is 0 Å². The Labute approximate surface area is 148 Å². The van der Waals surface area contributed by atoms with Crippen LogP contribution < -0.4 is 9.47 Å². The second-order valence-electron chi connectivity index (χ2n) is 4.66. The molecule has 0 saturated carbocycles. The summed E-state index contributed by atoms with van der Waals surface area (Å²) in [6.45, 7) is 0.448. The van der Waals surface area contributed by atoms with Crippen LogP contribution in [-0.2, 0) is 0 Å². The SMILES string of the molecule is C#CCOc1ccc(-c2ccc(OCC(O)CCl)cc2)cc1.S. The predicted molar refractivity (Wildman–Crippen MR) is 98.8 cm³/mol. The summed E-state index contributed by atoms with van der Waals surface area (Å²) in [5.41, 5.74) is 2.13. The van der Waals surface area contributed by atoms with Crippen LogP contribution in [0.15, 0.2) is 48.5 Å². The van der Waals surface area contributed by atoms with Gasteiger partial charge in [0.2, 0.25) is 0 Å². The van der Waals surface area contributed by atoms with Crippen molar-refractivity contribution in [1.82, 2.24) is 0 Å². The Balaban J connectivity index is 0.00000264. The molecule has 0 bridgehead atoms. The van der Waals surface area contributed by atoms with Gasteiger partial charge in [-0.05, 0) is 35.4 Å². The highest BCUT2D eigenvalue weighted by Gasteiger charge is 2.04. The van der Waals surface area contributed by atoms with E-state index in [9.17, 15) is 5.11 Å². The lowest BCUT2D eigenvalue weighted by atomic mass is 10.1. The number of alkyl halides is 1. The summed E-state index contributed by atoms with van der Waals surface area (Å²) in [5.74, 6) is 4.03. The molecule has 3 nitrogen and oxygen atoms in total. The van der Waals surface area contributed by atoms with Gasteiger partial charge in [0.1, 0.15) is 30.8 Å². The van der Waals surface area contributed by atoms with Crippen LogP contribution >= 0.6 is 25.1 Å². The van der Waals surface area contributed by atoms with Crippen molar-refractivity contribution in [1.29, 1.82) is 0 Å². The first-order valence-electron chi connectivity index (χ1n) is 6.86. The van der Waals surface area contributed by atoms with Gasteiger partial charge in [0.15, 0.2) is 0 Å². The van der Waals surface area contributed by atoms with E-state index in [0.717, 1.165) is 16.9 Å². The normalized spacial score (nSPS) is 11.0. The molecule has 0 spiro atoms. The summed E-state index contributed by atoms with van der Waals surface area (Å²) in [6, 6.07) is 15.3. The highest BCUT2D eigenvalue weighted by molar-refractivity contribution is 7.59. The van der Waals surface area contributed by atoms with Gasteiger partial charge < -0.3 is 14.6 Å². The van der Waals surface area contributed by atoms with Crippen LogP contribution in [0.5, 0.6) is 11.5 Å². The molecular weight excluding hydrogens is 332 g/mol. The Bertz CT molecular complexity index is 620. The number of aliphatic hydroxyl groups is 1. The van der Waals surface area contributed by atoms with Crippen molar-refractivity contribution in [2.45, 2.75) is 6.10 Å². The van der Waals surface area contributed by atoms with Gasteiger partial charge in [-0.15, -0.1) is 18.0 Å². The minimum absolute atomic E-state index is 0. The highest BCUT2D eigenvalue weighted by atomic mass is 35.5. The fourth-order valence-electron chi connectivity index (χ4n) is 1.85. The van der Waals surface area contributed by atoms with Crippen molar-refractivity contribution in [2.24, 2.45) is 0 Å². The molecule has 2 aromatic rings. The largest absolute Gasteiger partial charge is 0.491 e. The first-order chi connectivity index (χ1) is 10.7. The number of hydrogen-bond acceptors (Lipinski definition) is 3.